The van der Waals surface area contributed by atoms with Crippen LogP contribution in [0.1, 0.15) is 206 Å². The summed E-state index contributed by atoms with van der Waals surface area (Å²) in [7, 11) is 6.08. The number of hydrogen-bond donors (Lipinski definition) is 11. The lowest BCUT2D eigenvalue weighted by Gasteiger charge is -2.41. The Labute approximate surface area is 688 Å². The fourth-order valence-corrected chi connectivity index (χ4v) is 17.9. The normalized spacial score (nSPS) is 19.2. The maximum atomic E-state index is 14.9. The molecule has 1 saturated carbocycles. The molecular weight excluding hydrogens is 1510 g/mol. The highest BCUT2D eigenvalue weighted by molar-refractivity contribution is 8.00. The second kappa shape index (κ2) is 48.2. The molecule has 3 aromatic rings. The highest BCUT2D eigenvalue weighted by atomic mass is 32.2. The molecule has 3 aliphatic rings. The smallest absolute Gasteiger partial charge is 0.410 e. The van der Waals surface area contributed by atoms with Gasteiger partial charge in [0.2, 0.25) is 53.2 Å². The third-order valence-electron chi connectivity index (χ3n) is 21.9. The summed E-state index contributed by atoms with van der Waals surface area (Å²) in [5.41, 5.74) is 7.71. The van der Waals surface area contributed by atoms with Crippen molar-refractivity contribution in [3.8, 4) is 0 Å². The number of rotatable bonds is 37. The van der Waals surface area contributed by atoms with E-state index in [0.29, 0.717) is 88.8 Å². The number of urea groups is 1. The van der Waals surface area contributed by atoms with Gasteiger partial charge in [0.25, 0.3) is 5.91 Å². The lowest BCUT2D eigenvalue weighted by Crippen LogP contribution is -2.60. The zero-order valence-electron chi connectivity index (χ0n) is 69.8. The number of benzene rings is 3. The molecule has 29 nitrogen and oxygen atoms in total. The number of amides is 13. The molecule has 115 heavy (non-hydrogen) atoms. The second-order valence-electron chi connectivity index (χ2n) is 31.8. The van der Waals surface area contributed by atoms with E-state index in [0.717, 1.165) is 19.3 Å². The van der Waals surface area contributed by atoms with Crippen LogP contribution in [0, 0.1) is 29.6 Å². The summed E-state index contributed by atoms with van der Waals surface area (Å²) in [6, 6.07) is 13.2. The number of anilines is 3. The van der Waals surface area contributed by atoms with Crippen molar-refractivity contribution >= 4 is 112 Å². The van der Waals surface area contributed by atoms with Crippen molar-refractivity contribution in [2.24, 2.45) is 35.3 Å². The number of likely N-dealkylation sites (N-methyl/N-ethyl adjacent to an activating group) is 2. The van der Waals surface area contributed by atoms with Crippen LogP contribution < -0.4 is 53.6 Å². The van der Waals surface area contributed by atoms with E-state index < -0.39 is 132 Å². The molecule has 638 valence electrons. The van der Waals surface area contributed by atoms with Crippen molar-refractivity contribution < 1.29 is 76.9 Å². The third-order valence-corrected chi connectivity index (χ3v) is 24.5. The molecule has 0 aromatic heterocycles. The number of methoxy groups -OCH3 is 2. The van der Waals surface area contributed by atoms with Crippen LogP contribution >= 0.6 is 23.5 Å². The summed E-state index contributed by atoms with van der Waals surface area (Å²) in [6.07, 6.45) is 7.49. The Morgan fingerprint density at radius 2 is 1.27 bits per heavy atom. The molecule has 3 aromatic carbocycles. The molecule has 2 fully saturated rings. The summed E-state index contributed by atoms with van der Waals surface area (Å²) in [4.78, 5) is 169. The molecule has 31 heteroatoms. The first kappa shape index (κ1) is 95.3. The molecular formula is C84H129N13O16S2. The van der Waals surface area contributed by atoms with Crippen molar-refractivity contribution in [2.45, 2.75) is 256 Å². The Kier molecular flexibility index (Phi) is 40.0. The number of ether oxygens (including phenoxy) is 3. The van der Waals surface area contributed by atoms with Crippen molar-refractivity contribution in [1.29, 1.82) is 0 Å². The lowest BCUT2D eigenvalue weighted by molar-refractivity contribution is -0.148. The van der Waals surface area contributed by atoms with Gasteiger partial charge >= 0.3 is 12.1 Å². The Morgan fingerprint density at radius 1 is 0.661 bits per heavy atom. The third kappa shape index (κ3) is 30.2. The molecule has 2 aliphatic heterocycles. The molecule has 1 aliphatic carbocycles. The van der Waals surface area contributed by atoms with Crippen LogP contribution in [0.2, 0.25) is 0 Å². The zero-order chi connectivity index (χ0) is 84.6. The monoisotopic (exact) mass is 1640 g/mol. The average molecular weight is 1640 g/mol. The predicted molar refractivity (Wildman–Crippen MR) is 448 cm³/mol. The predicted octanol–water partition coefficient (Wildman–Crippen LogP) is 9.42. The standard InChI is InChI=1S/C84H129N13O16S2/c1-15-53(8)74(66(111-13)48-70(101)97-41-25-31-65(97)76(112-14)54(9)77(103)88-55(10)75(102)57-26-19-18-20-27-57)95(11)82(108)72(51(4)5)94-81(107)73(52(6)7)96(12)84(110)113-49-56-33-35-59(36-34-56)91-79(105)64(30-23-40-87-83(85)109)92-80(106)71(50(2)3)93-67(98)32-24-39-86-78(104)58-44-60-46-61(45-58)90-69(100)38-43-115-63-29-22-17-16-21-28-62(47-63)114-42-37-68(99)89-60/h18-20,26-27,33-36,44-46,50-55,62-66,71-76,102H,15-17,21-25,28-32,37-43,47-49H2,1-14H3,(H,86,104)(H,88,103)(H,89,99)(H,90,100)(H,91,105)(H,92,106)(H,93,98)(H,94,107)(H3,85,87,109)/t53-,54+,55+,62?,63?,64-,65-,66+,71-,72-,73-,74-,75+,76+/m0/s1. The van der Waals surface area contributed by atoms with Crippen LogP contribution in [-0.2, 0) is 64.0 Å². The van der Waals surface area contributed by atoms with E-state index in [9.17, 15) is 62.6 Å². The van der Waals surface area contributed by atoms with E-state index in [4.69, 9.17) is 19.9 Å². The second-order valence-corrected chi connectivity index (χ2v) is 34.6. The molecule has 14 atom stereocenters. The van der Waals surface area contributed by atoms with E-state index >= 15 is 0 Å². The zero-order valence-corrected chi connectivity index (χ0v) is 71.4. The molecule has 6 rings (SSSR count). The van der Waals surface area contributed by atoms with Gasteiger partial charge in [-0.15, -0.1) is 0 Å². The highest BCUT2D eigenvalue weighted by Crippen LogP contribution is 2.35. The Hall–Kier alpha value is -8.52. The van der Waals surface area contributed by atoms with E-state index in [1.165, 1.54) is 51.9 Å². The number of thioether (sulfide) groups is 2. The first-order valence-corrected chi connectivity index (χ1v) is 43.0. The number of primary amides is 1. The van der Waals surface area contributed by atoms with Crippen LogP contribution in [0.3, 0.4) is 0 Å². The first-order chi connectivity index (χ1) is 54.7. The van der Waals surface area contributed by atoms with Crippen LogP contribution in [-0.4, -0.2) is 215 Å². The molecule has 4 bridgehead atoms. The first-order valence-electron chi connectivity index (χ1n) is 40.9. The van der Waals surface area contributed by atoms with E-state index in [2.05, 4.69) is 47.9 Å². The lowest BCUT2D eigenvalue weighted by atomic mass is 9.89. The fourth-order valence-electron chi connectivity index (χ4n) is 15.1. The van der Waals surface area contributed by atoms with E-state index in [-0.39, 0.29) is 86.9 Å². The molecule has 2 unspecified atom stereocenters. The summed E-state index contributed by atoms with van der Waals surface area (Å²) < 4.78 is 17.8. The minimum atomic E-state index is -1.17. The number of nitrogens with two attached hydrogens (primary N) is 1. The SMILES string of the molecule is CC[C@H](C)[C@@H]([C@@H](CC(=O)N1CCC[C@H]1[C@H](OC)[C@@H](C)C(=O)N[C@H](C)[C@@H](O)c1ccccc1)OC)N(C)C(=O)[C@@H](NC(=O)[C@H](C(C)C)N(C)C(=O)OCc1ccc(NC(=O)[C@H](CCCNC(N)=O)NC(=O)[C@@H](NC(=O)CCCNC(=O)c2cc3cc(c2)NC(=O)CCSC2CCCCCCC(C2)SCCC(=O)N3)C(C)C)cc1)C(C)C. The van der Waals surface area contributed by atoms with Gasteiger partial charge in [-0.2, -0.15) is 23.5 Å². The van der Waals surface area contributed by atoms with Crippen LogP contribution in [0.4, 0.5) is 26.7 Å². The molecule has 12 N–H and O–H groups in total. The van der Waals surface area contributed by atoms with Gasteiger partial charge in [-0.05, 0) is 123 Å². The number of carbonyl (C=O) groups is 12. The number of nitrogens with zero attached hydrogens (tertiary/aromatic N) is 3. The van der Waals surface area contributed by atoms with Crippen molar-refractivity contribution in [3.05, 3.63) is 89.5 Å². The van der Waals surface area contributed by atoms with E-state index in [1.54, 1.807) is 127 Å². The average Bonchev–Trinajstić information content (AvgIpc) is 1.80. The molecule has 1 saturated heterocycles. The minimum Gasteiger partial charge on any atom is -0.445 e. The van der Waals surface area contributed by atoms with Crippen LogP contribution in [0.15, 0.2) is 72.8 Å². The summed E-state index contributed by atoms with van der Waals surface area (Å²) >= 11 is 3.68. The Balaban J connectivity index is 1.01. The number of hydrogen-bond acceptors (Lipinski definition) is 18. The van der Waals surface area contributed by atoms with Gasteiger partial charge < -0.3 is 82.7 Å². The number of likely N-dealkylation sites (tertiary alicyclic amines) is 1. The van der Waals surface area contributed by atoms with Gasteiger partial charge in [-0.25, -0.2) is 9.59 Å². The summed E-state index contributed by atoms with van der Waals surface area (Å²) in [5, 5.41) is 37.3. The Morgan fingerprint density at radius 3 is 1.83 bits per heavy atom. The van der Waals surface area contributed by atoms with Gasteiger partial charge in [-0.1, -0.05) is 137 Å². The van der Waals surface area contributed by atoms with Crippen LogP contribution in [0.5, 0.6) is 0 Å². The fraction of sp³-hybridized carbons (Fsp3) is 0.643. The number of carbonyl (C=O) groups excluding carboxylic acids is 12. The van der Waals surface area contributed by atoms with Crippen molar-refractivity contribution in [1.82, 2.24) is 46.6 Å². The highest BCUT2D eigenvalue weighted by Gasteiger charge is 2.44. The molecule has 13 amide bonds. The van der Waals surface area contributed by atoms with Crippen LogP contribution in [0.25, 0.3) is 0 Å². The maximum absolute atomic E-state index is 14.9. The number of nitrogens with one attached hydrogen (secondary N) is 9. The van der Waals surface area contributed by atoms with Gasteiger partial charge in [0.1, 0.15) is 30.8 Å². The van der Waals surface area contributed by atoms with Gasteiger partial charge in [0, 0.05) is 112 Å². The molecule has 0 radical (unpaired) electrons. The minimum absolute atomic E-state index is 0.0468. The maximum Gasteiger partial charge on any atom is 0.410 e. The van der Waals surface area contributed by atoms with E-state index in [1.807, 2.05) is 55.6 Å². The summed E-state index contributed by atoms with van der Waals surface area (Å²) in [5.74, 6) is -5.16. The topological polar surface area (TPSA) is 397 Å². The van der Waals surface area contributed by atoms with Gasteiger partial charge in [-0.3, -0.25) is 52.8 Å². The summed E-state index contributed by atoms with van der Waals surface area (Å²) in [6.45, 7) is 18.3. The largest absolute Gasteiger partial charge is 0.445 e. The number of fused-ring (bicyclic) bond motifs is 4. The molecule has 0 spiro atoms. The van der Waals surface area contributed by atoms with Gasteiger partial charge in [0.05, 0.1) is 48.8 Å². The molecule has 2 heterocycles. The number of aliphatic hydroxyl groups excluding tert-OH is 1. The van der Waals surface area contributed by atoms with Crippen molar-refractivity contribution in [2.75, 3.05) is 75.4 Å². The Bertz CT molecular complexity index is 3640. The van der Waals surface area contributed by atoms with Gasteiger partial charge in [0.15, 0.2) is 0 Å². The quantitative estimate of drug-likeness (QED) is 0.0239. The number of aliphatic hydroxyl groups is 1. The van der Waals surface area contributed by atoms with Crippen molar-refractivity contribution in [3.63, 3.8) is 0 Å².